The first-order valence-corrected chi connectivity index (χ1v) is 7.49. The van der Waals surface area contributed by atoms with Crippen LogP contribution in [-0.2, 0) is 6.54 Å². The fourth-order valence-electron chi connectivity index (χ4n) is 2.51. The van der Waals surface area contributed by atoms with Crippen molar-refractivity contribution < 1.29 is 0 Å². The van der Waals surface area contributed by atoms with E-state index in [1.165, 1.54) is 16.7 Å². The van der Waals surface area contributed by atoms with Gasteiger partial charge in [-0.15, -0.1) is 5.10 Å². The fourth-order valence-corrected chi connectivity index (χ4v) is 2.51. The van der Waals surface area contributed by atoms with Gasteiger partial charge in [-0.1, -0.05) is 47.7 Å². The molecule has 0 saturated carbocycles. The molecular formula is C18H20N4. The zero-order valence-electron chi connectivity index (χ0n) is 13.0. The van der Waals surface area contributed by atoms with Gasteiger partial charge in [0.2, 0.25) is 0 Å². The molecule has 0 aliphatic carbocycles. The highest BCUT2D eigenvalue weighted by atomic mass is 15.4. The highest BCUT2D eigenvalue weighted by molar-refractivity contribution is 5.73. The van der Waals surface area contributed by atoms with Crippen LogP contribution in [0.3, 0.4) is 0 Å². The first-order chi connectivity index (χ1) is 10.8. The van der Waals surface area contributed by atoms with Crippen molar-refractivity contribution in [2.24, 2.45) is 0 Å². The lowest BCUT2D eigenvalue weighted by molar-refractivity contribution is 0.565. The molecule has 1 N–H and O–H groups in total. The molecule has 0 radical (unpaired) electrons. The van der Waals surface area contributed by atoms with Crippen LogP contribution in [0.1, 0.15) is 5.56 Å². The highest BCUT2D eigenvalue weighted by Gasteiger charge is 2.07. The number of nitrogens with one attached hydrogen (secondary N) is 1. The van der Waals surface area contributed by atoms with Crippen molar-refractivity contribution in [1.82, 2.24) is 20.3 Å². The van der Waals surface area contributed by atoms with Gasteiger partial charge in [0, 0.05) is 12.1 Å². The molecule has 112 valence electrons. The minimum atomic E-state index is 0.820. The second-order valence-corrected chi connectivity index (χ2v) is 5.37. The molecule has 0 bridgehead atoms. The predicted molar refractivity (Wildman–Crippen MR) is 89.6 cm³/mol. The average molecular weight is 292 g/mol. The summed E-state index contributed by atoms with van der Waals surface area (Å²) < 4.78 is 1.87. The second kappa shape index (κ2) is 6.54. The number of rotatable bonds is 5. The van der Waals surface area contributed by atoms with Crippen LogP contribution >= 0.6 is 0 Å². The zero-order valence-corrected chi connectivity index (χ0v) is 13.0. The maximum Gasteiger partial charge on any atom is 0.113 e. The summed E-state index contributed by atoms with van der Waals surface area (Å²) in [6, 6.07) is 16.9. The number of benzene rings is 2. The lowest BCUT2D eigenvalue weighted by Gasteiger charge is -2.07. The Morgan fingerprint density at radius 3 is 2.68 bits per heavy atom. The van der Waals surface area contributed by atoms with Crippen LogP contribution < -0.4 is 5.32 Å². The quantitative estimate of drug-likeness (QED) is 0.785. The molecule has 0 aliphatic heterocycles. The van der Waals surface area contributed by atoms with Crippen LogP contribution in [0.15, 0.2) is 54.7 Å². The summed E-state index contributed by atoms with van der Waals surface area (Å²) in [5.41, 5.74) is 5.74. The van der Waals surface area contributed by atoms with E-state index in [0.29, 0.717) is 0 Å². The molecule has 0 saturated heterocycles. The van der Waals surface area contributed by atoms with E-state index in [0.717, 1.165) is 24.3 Å². The van der Waals surface area contributed by atoms with Crippen molar-refractivity contribution in [3.63, 3.8) is 0 Å². The number of hydrogen-bond donors (Lipinski definition) is 1. The molecule has 0 spiro atoms. The van der Waals surface area contributed by atoms with Gasteiger partial charge in [-0.3, -0.25) is 4.68 Å². The van der Waals surface area contributed by atoms with Gasteiger partial charge >= 0.3 is 0 Å². The molecule has 0 unspecified atom stereocenters. The molecule has 22 heavy (non-hydrogen) atoms. The smallest absolute Gasteiger partial charge is 0.113 e. The first-order valence-electron chi connectivity index (χ1n) is 7.49. The summed E-state index contributed by atoms with van der Waals surface area (Å²) in [7, 11) is 1.93. The molecule has 3 aromatic rings. The number of nitrogens with zero attached hydrogens (tertiary/aromatic N) is 3. The van der Waals surface area contributed by atoms with Gasteiger partial charge < -0.3 is 5.32 Å². The molecular weight excluding hydrogens is 272 g/mol. The molecule has 0 aliphatic rings. The molecule has 4 nitrogen and oxygen atoms in total. The van der Waals surface area contributed by atoms with Gasteiger partial charge in [-0.05, 0) is 36.7 Å². The van der Waals surface area contributed by atoms with Crippen molar-refractivity contribution in [3.8, 4) is 22.4 Å². The maximum absolute atomic E-state index is 4.28. The van der Waals surface area contributed by atoms with Crippen LogP contribution in [0.25, 0.3) is 22.4 Å². The molecule has 4 heteroatoms. The Morgan fingerprint density at radius 1 is 1.05 bits per heavy atom. The van der Waals surface area contributed by atoms with Crippen LogP contribution in [-0.4, -0.2) is 28.6 Å². The maximum atomic E-state index is 4.28. The minimum Gasteiger partial charge on any atom is -0.318 e. The van der Waals surface area contributed by atoms with E-state index in [2.05, 4.69) is 71.1 Å². The molecule has 0 amide bonds. The number of likely N-dealkylation sites (N-methyl/N-ethyl adjacent to an activating group) is 1. The summed E-state index contributed by atoms with van der Waals surface area (Å²) >= 11 is 0. The highest BCUT2D eigenvalue weighted by Crippen LogP contribution is 2.27. The van der Waals surface area contributed by atoms with Crippen molar-refractivity contribution >= 4 is 0 Å². The van der Waals surface area contributed by atoms with Crippen LogP contribution in [0.2, 0.25) is 0 Å². The summed E-state index contributed by atoms with van der Waals surface area (Å²) in [6.07, 6.45) is 1.99. The number of aromatic nitrogens is 3. The summed E-state index contributed by atoms with van der Waals surface area (Å²) in [4.78, 5) is 0. The Morgan fingerprint density at radius 2 is 1.86 bits per heavy atom. The lowest BCUT2D eigenvalue weighted by Crippen LogP contribution is -2.15. The van der Waals surface area contributed by atoms with Gasteiger partial charge in [-0.2, -0.15) is 0 Å². The minimum absolute atomic E-state index is 0.820. The topological polar surface area (TPSA) is 42.7 Å². The Hall–Kier alpha value is -2.46. The monoisotopic (exact) mass is 292 g/mol. The third kappa shape index (κ3) is 3.07. The average Bonchev–Trinajstić information content (AvgIpc) is 3.02. The molecule has 2 aromatic carbocycles. The largest absolute Gasteiger partial charge is 0.318 e. The first kappa shape index (κ1) is 14.5. The molecule has 1 aromatic heterocycles. The summed E-state index contributed by atoms with van der Waals surface area (Å²) in [5, 5.41) is 11.6. The van der Waals surface area contributed by atoms with Gasteiger partial charge in [-0.25, -0.2) is 0 Å². The SMILES string of the molecule is CNCCn1cc(-c2cccc(-c3ccccc3C)c2)nn1. The molecule has 0 fully saturated rings. The molecule has 3 rings (SSSR count). The zero-order chi connectivity index (χ0) is 15.4. The van der Waals surface area contributed by atoms with E-state index in [4.69, 9.17) is 0 Å². The van der Waals surface area contributed by atoms with Crippen molar-refractivity contribution in [2.45, 2.75) is 13.5 Å². The predicted octanol–water partition coefficient (Wildman–Crippen LogP) is 3.14. The number of hydrogen-bond acceptors (Lipinski definition) is 3. The van der Waals surface area contributed by atoms with Crippen molar-refractivity contribution in [3.05, 3.63) is 60.3 Å². The van der Waals surface area contributed by atoms with E-state index in [1.54, 1.807) is 0 Å². The Bertz CT molecular complexity index is 761. The van der Waals surface area contributed by atoms with Crippen molar-refractivity contribution in [2.75, 3.05) is 13.6 Å². The van der Waals surface area contributed by atoms with E-state index in [9.17, 15) is 0 Å². The standard InChI is InChI=1S/C18H20N4/c1-14-6-3-4-9-17(14)15-7-5-8-16(12-15)18-13-22(21-20-18)11-10-19-2/h3-9,12-13,19H,10-11H2,1-2H3. The van der Waals surface area contributed by atoms with E-state index < -0.39 is 0 Å². The Kier molecular flexibility index (Phi) is 4.30. The fraction of sp³-hybridized carbons (Fsp3) is 0.222. The van der Waals surface area contributed by atoms with Crippen molar-refractivity contribution in [1.29, 1.82) is 0 Å². The lowest BCUT2D eigenvalue weighted by atomic mass is 9.98. The third-order valence-corrected chi connectivity index (χ3v) is 3.74. The Labute approximate surface area is 130 Å². The van der Waals surface area contributed by atoms with Gasteiger partial charge in [0.1, 0.15) is 5.69 Å². The second-order valence-electron chi connectivity index (χ2n) is 5.37. The van der Waals surface area contributed by atoms with Gasteiger partial charge in [0.05, 0.1) is 12.7 Å². The van der Waals surface area contributed by atoms with Gasteiger partial charge in [0.15, 0.2) is 0 Å². The van der Waals surface area contributed by atoms with E-state index >= 15 is 0 Å². The van der Waals surface area contributed by atoms with Crippen LogP contribution in [0, 0.1) is 6.92 Å². The molecule has 0 atom stereocenters. The van der Waals surface area contributed by atoms with Crippen LogP contribution in [0.4, 0.5) is 0 Å². The Balaban J connectivity index is 1.91. The van der Waals surface area contributed by atoms with Gasteiger partial charge in [0.25, 0.3) is 0 Å². The van der Waals surface area contributed by atoms with Crippen LogP contribution in [0.5, 0.6) is 0 Å². The normalized spacial score (nSPS) is 10.8. The van der Waals surface area contributed by atoms with E-state index in [-0.39, 0.29) is 0 Å². The van der Waals surface area contributed by atoms with E-state index in [1.807, 2.05) is 17.9 Å². The third-order valence-electron chi connectivity index (χ3n) is 3.74. The molecule has 1 heterocycles. The summed E-state index contributed by atoms with van der Waals surface area (Å²) in [6.45, 7) is 3.84. The number of aryl methyl sites for hydroxylation is 1. The summed E-state index contributed by atoms with van der Waals surface area (Å²) in [5.74, 6) is 0.